The van der Waals surface area contributed by atoms with Gasteiger partial charge in [-0.3, -0.25) is 24.5 Å². The molecule has 0 aromatic heterocycles. The van der Waals surface area contributed by atoms with Gasteiger partial charge in [0.1, 0.15) is 17.7 Å². The van der Waals surface area contributed by atoms with Crippen LogP contribution in [0.15, 0.2) is 77.3 Å². The molecule has 5 rings (SSSR count). The summed E-state index contributed by atoms with van der Waals surface area (Å²) in [5, 5.41) is 23.4. The third-order valence-corrected chi connectivity index (χ3v) is 6.28. The van der Waals surface area contributed by atoms with Crippen molar-refractivity contribution in [2.45, 2.75) is 12.1 Å². The van der Waals surface area contributed by atoms with Crippen molar-refractivity contribution in [3.8, 4) is 5.75 Å². The molecule has 2 aliphatic heterocycles. The Morgan fingerprint density at radius 3 is 2.30 bits per heavy atom. The number of non-ortho nitro benzene ring substituents is 1. The maximum absolute atomic E-state index is 13.5. The molecule has 0 spiro atoms. The quantitative estimate of drug-likeness (QED) is 0.319. The van der Waals surface area contributed by atoms with Crippen LogP contribution in [-0.4, -0.2) is 27.9 Å². The lowest BCUT2D eigenvalue weighted by atomic mass is 9.89. The normalized spacial score (nSPS) is 22.0. The number of amides is 2. The maximum atomic E-state index is 13.5. The molecule has 0 saturated carbocycles. The number of carbonyl (C=O) groups excluding carboxylic acids is 2. The summed E-state index contributed by atoms with van der Waals surface area (Å²) in [6.07, 6.45) is -1.15. The van der Waals surface area contributed by atoms with Gasteiger partial charge < -0.3 is 5.11 Å². The number of hydroxylamine groups is 1. The molecule has 2 aliphatic rings. The second kappa shape index (κ2) is 7.98. The van der Waals surface area contributed by atoms with E-state index in [1.165, 1.54) is 23.3 Å². The SMILES string of the molecule is O=C1[C@H]2[C@H](ON(c3ccccc3)[C@H]2c2cc([N+](=O)[O-])ccc2O)C(=O)N1c1ccc(Br)cc1. The minimum Gasteiger partial charge on any atom is -0.508 e. The van der Waals surface area contributed by atoms with E-state index < -0.39 is 34.8 Å². The standard InChI is InChI=1S/C23H16BrN3O6/c24-13-6-8-14(9-7-13)25-22(29)19-20(17-12-16(27(31)32)10-11-18(17)28)26(33-21(19)23(25)30)15-4-2-1-3-5-15/h1-12,19-21,28H/t19-,20+,21+/m1/s1. The van der Waals surface area contributed by atoms with E-state index >= 15 is 0 Å². The molecular weight excluding hydrogens is 494 g/mol. The molecule has 2 saturated heterocycles. The number of para-hydroxylation sites is 1. The van der Waals surface area contributed by atoms with Gasteiger partial charge in [0.25, 0.3) is 11.6 Å². The topological polar surface area (TPSA) is 113 Å². The molecule has 0 bridgehead atoms. The van der Waals surface area contributed by atoms with E-state index in [9.17, 15) is 24.8 Å². The number of nitro benzene ring substituents is 1. The summed E-state index contributed by atoms with van der Waals surface area (Å²) < 4.78 is 0.788. The number of anilines is 2. The Bertz CT molecular complexity index is 1270. The van der Waals surface area contributed by atoms with Gasteiger partial charge in [-0.15, -0.1) is 0 Å². The molecule has 0 unspecified atom stereocenters. The van der Waals surface area contributed by atoms with Gasteiger partial charge in [-0.05, 0) is 42.5 Å². The van der Waals surface area contributed by atoms with Crippen LogP contribution in [0, 0.1) is 16.0 Å². The Morgan fingerprint density at radius 1 is 0.939 bits per heavy atom. The molecular formula is C23H16BrN3O6. The average molecular weight is 510 g/mol. The number of hydrogen-bond acceptors (Lipinski definition) is 7. The van der Waals surface area contributed by atoms with Crippen molar-refractivity contribution < 1.29 is 24.5 Å². The molecule has 10 heteroatoms. The Kier molecular flexibility index (Phi) is 5.10. The zero-order chi connectivity index (χ0) is 23.3. The number of imide groups is 1. The van der Waals surface area contributed by atoms with Gasteiger partial charge in [0.15, 0.2) is 6.10 Å². The molecule has 3 atom stereocenters. The maximum Gasteiger partial charge on any atom is 0.270 e. The van der Waals surface area contributed by atoms with Crippen LogP contribution in [0.4, 0.5) is 17.1 Å². The van der Waals surface area contributed by atoms with Crippen molar-refractivity contribution in [1.82, 2.24) is 0 Å². The summed E-state index contributed by atoms with van der Waals surface area (Å²) in [5.74, 6) is -2.31. The summed E-state index contributed by atoms with van der Waals surface area (Å²) in [6, 6.07) is 18.1. The molecule has 0 radical (unpaired) electrons. The Hall–Kier alpha value is -3.76. The summed E-state index contributed by atoms with van der Waals surface area (Å²) >= 11 is 3.33. The molecule has 2 amide bonds. The first kappa shape index (κ1) is 21.1. The number of carbonyl (C=O) groups is 2. The first-order valence-corrected chi connectivity index (χ1v) is 10.8. The van der Waals surface area contributed by atoms with Crippen LogP contribution in [0.2, 0.25) is 0 Å². The van der Waals surface area contributed by atoms with E-state index in [1.807, 2.05) is 0 Å². The third kappa shape index (κ3) is 3.43. The minimum absolute atomic E-state index is 0.124. The van der Waals surface area contributed by atoms with Crippen molar-refractivity contribution in [2.75, 3.05) is 9.96 Å². The van der Waals surface area contributed by atoms with Crippen molar-refractivity contribution in [3.63, 3.8) is 0 Å². The highest BCUT2D eigenvalue weighted by atomic mass is 79.9. The monoisotopic (exact) mass is 509 g/mol. The zero-order valence-electron chi connectivity index (χ0n) is 16.9. The fourth-order valence-corrected chi connectivity index (χ4v) is 4.53. The van der Waals surface area contributed by atoms with E-state index in [1.54, 1.807) is 54.6 Å². The number of fused-ring (bicyclic) bond motifs is 1. The van der Waals surface area contributed by atoms with Crippen molar-refractivity contribution in [2.24, 2.45) is 5.92 Å². The van der Waals surface area contributed by atoms with Gasteiger partial charge in [-0.1, -0.05) is 34.1 Å². The van der Waals surface area contributed by atoms with Crippen molar-refractivity contribution >= 4 is 44.8 Å². The minimum atomic E-state index is -1.15. The van der Waals surface area contributed by atoms with Crippen LogP contribution in [-0.2, 0) is 14.4 Å². The van der Waals surface area contributed by atoms with Gasteiger partial charge in [0.05, 0.1) is 16.3 Å². The molecule has 33 heavy (non-hydrogen) atoms. The van der Waals surface area contributed by atoms with Gasteiger partial charge >= 0.3 is 0 Å². The number of rotatable bonds is 4. The molecule has 1 N–H and O–H groups in total. The summed E-state index contributed by atoms with van der Waals surface area (Å²) in [6.45, 7) is 0. The Morgan fingerprint density at radius 2 is 1.64 bits per heavy atom. The second-order valence-corrected chi connectivity index (χ2v) is 8.56. The average Bonchev–Trinajstić information content (AvgIpc) is 3.31. The van der Waals surface area contributed by atoms with Gasteiger partial charge in [0, 0.05) is 22.2 Å². The molecule has 2 fully saturated rings. The molecule has 2 heterocycles. The highest BCUT2D eigenvalue weighted by Crippen LogP contribution is 2.49. The predicted octanol–water partition coefficient (Wildman–Crippen LogP) is 4.11. The number of phenols is 1. The summed E-state index contributed by atoms with van der Waals surface area (Å²) in [4.78, 5) is 44.7. The van der Waals surface area contributed by atoms with Crippen LogP contribution in [0.3, 0.4) is 0 Å². The zero-order valence-corrected chi connectivity index (χ0v) is 18.5. The number of nitro groups is 1. The Balaban J connectivity index is 1.63. The van der Waals surface area contributed by atoms with Crippen LogP contribution in [0.5, 0.6) is 5.75 Å². The predicted molar refractivity (Wildman–Crippen MR) is 121 cm³/mol. The van der Waals surface area contributed by atoms with Crippen LogP contribution in [0.1, 0.15) is 11.6 Å². The van der Waals surface area contributed by atoms with Crippen LogP contribution >= 0.6 is 15.9 Å². The lowest BCUT2D eigenvalue weighted by molar-refractivity contribution is -0.385. The number of benzene rings is 3. The molecule has 3 aromatic rings. The lowest BCUT2D eigenvalue weighted by Crippen LogP contribution is -2.37. The fourth-order valence-electron chi connectivity index (χ4n) is 4.27. The van der Waals surface area contributed by atoms with Crippen molar-refractivity contribution in [3.05, 3.63) is 92.9 Å². The van der Waals surface area contributed by atoms with Crippen LogP contribution < -0.4 is 9.96 Å². The van der Waals surface area contributed by atoms with Gasteiger partial charge in [0.2, 0.25) is 5.91 Å². The number of phenolic OH excluding ortho intramolecular Hbond substituents is 1. The smallest absolute Gasteiger partial charge is 0.270 e. The van der Waals surface area contributed by atoms with Crippen molar-refractivity contribution in [1.29, 1.82) is 0 Å². The van der Waals surface area contributed by atoms with Crippen LogP contribution in [0.25, 0.3) is 0 Å². The number of halogens is 1. The molecule has 3 aromatic carbocycles. The van der Waals surface area contributed by atoms with Gasteiger partial charge in [-0.25, -0.2) is 9.96 Å². The fraction of sp³-hybridized carbons (Fsp3) is 0.130. The van der Waals surface area contributed by atoms with E-state index in [4.69, 9.17) is 4.84 Å². The second-order valence-electron chi connectivity index (χ2n) is 7.65. The molecule has 166 valence electrons. The highest BCUT2D eigenvalue weighted by Gasteiger charge is 2.60. The number of hydrogen-bond donors (Lipinski definition) is 1. The summed E-state index contributed by atoms with van der Waals surface area (Å²) in [7, 11) is 0. The lowest BCUT2D eigenvalue weighted by Gasteiger charge is -2.29. The van der Waals surface area contributed by atoms with Gasteiger partial charge in [-0.2, -0.15) is 0 Å². The third-order valence-electron chi connectivity index (χ3n) is 5.75. The van der Waals surface area contributed by atoms with E-state index in [-0.39, 0.29) is 17.0 Å². The van der Waals surface area contributed by atoms with E-state index in [0.29, 0.717) is 11.4 Å². The number of aromatic hydroxyl groups is 1. The first-order chi connectivity index (χ1) is 15.9. The van der Waals surface area contributed by atoms with E-state index in [0.717, 1.165) is 9.37 Å². The Labute approximate surface area is 196 Å². The highest BCUT2D eigenvalue weighted by molar-refractivity contribution is 9.10. The molecule has 9 nitrogen and oxygen atoms in total. The first-order valence-electron chi connectivity index (χ1n) is 9.98. The largest absolute Gasteiger partial charge is 0.508 e. The summed E-state index contributed by atoms with van der Waals surface area (Å²) in [5.41, 5.74) is 0.804. The number of nitrogens with zero attached hydrogens (tertiary/aromatic N) is 3. The molecule has 0 aliphatic carbocycles. The van der Waals surface area contributed by atoms with E-state index in [2.05, 4.69) is 15.9 Å².